The molecule has 1 aliphatic heterocycles. The fraction of sp³-hybridized carbons (Fsp3) is 0.429. The number of nitrogens with one attached hydrogen (secondary N) is 2. The average Bonchev–Trinajstić information content (AvgIpc) is 2.50. The Labute approximate surface area is 117 Å². The number of amides is 1. The lowest BCUT2D eigenvalue weighted by atomic mass is 9.97. The molecule has 1 unspecified atom stereocenters. The maximum atomic E-state index is 12.1. The van der Waals surface area contributed by atoms with Crippen LogP contribution < -0.4 is 10.6 Å². The summed E-state index contributed by atoms with van der Waals surface area (Å²) in [6.07, 6.45) is 0.467. The number of carbonyl (C=O) groups is 2. The normalized spacial score (nSPS) is 14.7. The van der Waals surface area contributed by atoms with E-state index in [-0.39, 0.29) is 12.5 Å². The summed E-state index contributed by atoms with van der Waals surface area (Å²) in [5.74, 6) is -1.06. The molecule has 20 heavy (non-hydrogen) atoms. The maximum Gasteiger partial charge on any atom is 0.336 e. The molecule has 0 fully saturated rings. The van der Waals surface area contributed by atoms with Crippen molar-refractivity contribution < 1.29 is 19.4 Å². The van der Waals surface area contributed by atoms with E-state index < -0.39 is 12.1 Å². The van der Waals surface area contributed by atoms with Crippen molar-refractivity contribution in [2.75, 3.05) is 25.5 Å². The minimum absolute atomic E-state index is 0.164. The molecule has 1 atom stereocenters. The number of fused-ring (bicyclic) bond motifs is 1. The predicted octanol–water partition coefficient (Wildman–Crippen LogP) is 0.308. The Morgan fingerprint density at radius 2 is 2.30 bits per heavy atom. The Kier molecular flexibility index (Phi) is 4.57. The third-order valence-corrected chi connectivity index (χ3v) is 3.27. The summed E-state index contributed by atoms with van der Waals surface area (Å²) < 4.78 is 4.39. The van der Waals surface area contributed by atoms with Gasteiger partial charge in [-0.2, -0.15) is 0 Å². The van der Waals surface area contributed by atoms with E-state index in [1.54, 1.807) is 6.07 Å². The zero-order chi connectivity index (χ0) is 14.5. The molecule has 1 aromatic carbocycles. The van der Waals surface area contributed by atoms with Gasteiger partial charge in [-0.1, -0.05) is 6.07 Å². The van der Waals surface area contributed by atoms with Gasteiger partial charge in [0.1, 0.15) is 0 Å². The average molecular weight is 278 g/mol. The van der Waals surface area contributed by atoms with Crippen LogP contribution in [0.2, 0.25) is 0 Å². The molecule has 1 amide bonds. The minimum Gasteiger partial charge on any atom is -0.467 e. The lowest BCUT2D eigenvalue weighted by molar-refractivity contribution is -0.149. The minimum atomic E-state index is -1.35. The second-order valence-electron chi connectivity index (χ2n) is 4.61. The smallest absolute Gasteiger partial charge is 0.336 e. The SMILES string of the molecule is COC(=O)C(O)CNC(=O)c1cccc2c1CCCN2. The summed E-state index contributed by atoms with van der Waals surface area (Å²) in [6, 6.07) is 5.49. The lowest BCUT2D eigenvalue weighted by Crippen LogP contribution is -2.37. The van der Waals surface area contributed by atoms with Crippen molar-refractivity contribution in [1.82, 2.24) is 5.32 Å². The van der Waals surface area contributed by atoms with E-state index >= 15 is 0 Å². The number of hydrogen-bond donors (Lipinski definition) is 3. The van der Waals surface area contributed by atoms with Crippen molar-refractivity contribution in [3.05, 3.63) is 29.3 Å². The summed E-state index contributed by atoms with van der Waals surface area (Å²) in [4.78, 5) is 23.2. The third kappa shape index (κ3) is 3.08. The zero-order valence-corrected chi connectivity index (χ0v) is 11.3. The Morgan fingerprint density at radius 3 is 3.05 bits per heavy atom. The Balaban J connectivity index is 2.05. The zero-order valence-electron chi connectivity index (χ0n) is 11.3. The molecule has 0 aromatic heterocycles. The van der Waals surface area contributed by atoms with Crippen molar-refractivity contribution in [1.29, 1.82) is 0 Å². The first kappa shape index (κ1) is 14.3. The lowest BCUT2D eigenvalue weighted by Gasteiger charge is -2.20. The van der Waals surface area contributed by atoms with Gasteiger partial charge in [0.2, 0.25) is 0 Å². The Hall–Kier alpha value is -2.08. The summed E-state index contributed by atoms with van der Waals surface area (Å²) in [7, 11) is 1.19. The van der Waals surface area contributed by atoms with Gasteiger partial charge in [-0.25, -0.2) is 4.79 Å². The highest BCUT2D eigenvalue weighted by atomic mass is 16.5. The second-order valence-corrected chi connectivity index (χ2v) is 4.61. The van der Waals surface area contributed by atoms with Crippen molar-refractivity contribution in [2.45, 2.75) is 18.9 Å². The van der Waals surface area contributed by atoms with Gasteiger partial charge in [-0.15, -0.1) is 0 Å². The number of esters is 1. The van der Waals surface area contributed by atoms with Gasteiger partial charge < -0.3 is 20.5 Å². The van der Waals surface area contributed by atoms with Crippen LogP contribution in [0, 0.1) is 0 Å². The molecular formula is C14H18N2O4. The first-order valence-corrected chi connectivity index (χ1v) is 6.53. The van der Waals surface area contributed by atoms with Crippen LogP contribution in [-0.4, -0.2) is 43.3 Å². The summed E-state index contributed by atoms with van der Waals surface area (Å²) in [6.45, 7) is 0.738. The second kappa shape index (κ2) is 6.38. The molecule has 2 rings (SSSR count). The molecule has 0 spiro atoms. The standard InChI is InChI=1S/C14H18N2O4/c1-20-14(19)12(17)8-16-13(18)10-4-2-6-11-9(10)5-3-7-15-11/h2,4,6,12,15,17H,3,5,7-8H2,1H3,(H,16,18). The van der Waals surface area contributed by atoms with Crippen molar-refractivity contribution in [3.8, 4) is 0 Å². The third-order valence-electron chi connectivity index (χ3n) is 3.27. The van der Waals surface area contributed by atoms with E-state index in [0.717, 1.165) is 30.6 Å². The highest BCUT2D eigenvalue weighted by molar-refractivity contribution is 5.97. The van der Waals surface area contributed by atoms with E-state index in [1.165, 1.54) is 7.11 Å². The van der Waals surface area contributed by atoms with E-state index in [0.29, 0.717) is 5.56 Å². The number of anilines is 1. The summed E-state index contributed by atoms with van der Waals surface area (Å²) >= 11 is 0. The molecule has 0 bridgehead atoms. The van der Waals surface area contributed by atoms with Crippen molar-refractivity contribution in [2.24, 2.45) is 0 Å². The van der Waals surface area contributed by atoms with Crippen molar-refractivity contribution >= 4 is 17.6 Å². The predicted molar refractivity (Wildman–Crippen MR) is 73.6 cm³/mol. The molecule has 0 saturated carbocycles. The fourth-order valence-electron chi connectivity index (χ4n) is 2.23. The van der Waals surface area contributed by atoms with Crippen molar-refractivity contribution in [3.63, 3.8) is 0 Å². The van der Waals surface area contributed by atoms with Gasteiger partial charge in [0, 0.05) is 17.8 Å². The molecule has 108 valence electrons. The van der Waals surface area contributed by atoms with Crippen LogP contribution in [0.25, 0.3) is 0 Å². The molecule has 6 heteroatoms. The summed E-state index contributed by atoms with van der Waals surface area (Å²) in [5.41, 5.74) is 2.52. The number of aliphatic hydroxyl groups is 1. The molecule has 1 aliphatic rings. The number of methoxy groups -OCH3 is 1. The summed E-state index contributed by atoms with van der Waals surface area (Å²) in [5, 5.41) is 15.2. The first-order chi connectivity index (χ1) is 9.63. The van der Waals surface area contributed by atoms with Gasteiger partial charge >= 0.3 is 5.97 Å². The Morgan fingerprint density at radius 1 is 1.50 bits per heavy atom. The van der Waals surface area contributed by atoms with Crippen LogP contribution in [0.4, 0.5) is 5.69 Å². The topological polar surface area (TPSA) is 87.7 Å². The van der Waals surface area contributed by atoms with E-state index in [9.17, 15) is 14.7 Å². The molecule has 1 aromatic rings. The van der Waals surface area contributed by atoms with Gasteiger partial charge in [0.05, 0.1) is 13.7 Å². The van der Waals surface area contributed by atoms with E-state index in [2.05, 4.69) is 15.4 Å². The first-order valence-electron chi connectivity index (χ1n) is 6.53. The monoisotopic (exact) mass is 278 g/mol. The van der Waals surface area contributed by atoms with Crippen LogP contribution in [0.15, 0.2) is 18.2 Å². The van der Waals surface area contributed by atoms with Crippen LogP contribution in [0.3, 0.4) is 0 Å². The number of hydrogen-bond acceptors (Lipinski definition) is 5. The number of aliphatic hydroxyl groups excluding tert-OH is 1. The maximum absolute atomic E-state index is 12.1. The molecule has 0 aliphatic carbocycles. The largest absolute Gasteiger partial charge is 0.467 e. The highest BCUT2D eigenvalue weighted by Crippen LogP contribution is 2.25. The van der Waals surface area contributed by atoms with Gasteiger partial charge in [-0.3, -0.25) is 4.79 Å². The molecule has 1 heterocycles. The van der Waals surface area contributed by atoms with Gasteiger partial charge in [0.15, 0.2) is 6.10 Å². The van der Waals surface area contributed by atoms with Crippen LogP contribution in [0.5, 0.6) is 0 Å². The van der Waals surface area contributed by atoms with E-state index in [4.69, 9.17) is 0 Å². The number of carbonyl (C=O) groups excluding carboxylic acids is 2. The fourth-order valence-corrected chi connectivity index (χ4v) is 2.23. The Bertz CT molecular complexity index is 516. The molecule has 6 nitrogen and oxygen atoms in total. The van der Waals surface area contributed by atoms with Crippen LogP contribution in [-0.2, 0) is 16.0 Å². The molecule has 3 N–H and O–H groups in total. The molecular weight excluding hydrogens is 260 g/mol. The number of rotatable bonds is 4. The highest BCUT2D eigenvalue weighted by Gasteiger charge is 2.20. The number of benzene rings is 1. The van der Waals surface area contributed by atoms with E-state index in [1.807, 2.05) is 12.1 Å². The number of ether oxygens (including phenoxy) is 1. The van der Waals surface area contributed by atoms with Gasteiger partial charge in [0.25, 0.3) is 5.91 Å². The molecule has 0 radical (unpaired) electrons. The van der Waals surface area contributed by atoms with Crippen LogP contribution >= 0.6 is 0 Å². The van der Waals surface area contributed by atoms with Gasteiger partial charge in [-0.05, 0) is 30.5 Å². The van der Waals surface area contributed by atoms with Crippen LogP contribution in [0.1, 0.15) is 22.3 Å². The molecule has 0 saturated heterocycles. The quantitative estimate of drug-likeness (QED) is 0.690.